The summed E-state index contributed by atoms with van der Waals surface area (Å²) in [5.74, 6) is -0.173. The largest absolute Gasteiger partial charge is 0.272 e. The van der Waals surface area contributed by atoms with Gasteiger partial charge >= 0.3 is 0 Å². The number of aliphatic imine (C=N–C) groups is 1. The summed E-state index contributed by atoms with van der Waals surface area (Å²) < 4.78 is 1.21. The summed E-state index contributed by atoms with van der Waals surface area (Å²) in [6.45, 7) is 3.23. The standard InChI is InChI=1S/C11H9NOS/c1-12-11(13)6-8-7-14-10-5-3-2-4-9(8)10/h2-5,7H,1,6H2. The van der Waals surface area contributed by atoms with E-state index in [1.807, 2.05) is 23.6 Å². The van der Waals surface area contributed by atoms with Crippen molar-refractivity contribution in [1.82, 2.24) is 0 Å². The lowest BCUT2D eigenvalue weighted by Crippen LogP contribution is -1.96. The molecule has 0 aliphatic carbocycles. The zero-order valence-electron chi connectivity index (χ0n) is 7.56. The summed E-state index contributed by atoms with van der Waals surface area (Å²) in [5, 5.41) is 3.16. The maximum absolute atomic E-state index is 11.1. The number of fused-ring (bicyclic) bond motifs is 1. The number of rotatable bonds is 2. The Morgan fingerprint density at radius 1 is 1.43 bits per heavy atom. The molecule has 1 aromatic heterocycles. The van der Waals surface area contributed by atoms with Crippen LogP contribution in [0.1, 0.15) is 5.56 Å². The van der Waals surface area contributed by atoms with E-state index in [9.17, 15) is 4.79 Å². The molecule has 0 saturated heterocycles. The fourth-order valence-electron chi connectivity index (χ4n) is 1.39. The second-order valence-electron chi connectivity index (χ2n) is 2.99. The highest BCUT2D eigenvalue weighted by Gasteiger charge is 2.06. The van der Waals surface area contributed by atoms with Gasteiger partial charge in [-0.2, -0.15) is 0 Å². The number of benzene rings is 1. The Morgan fingerprint density at radius 2 is 2.21 bits per heavy atom. The molecule has 0 aliphatic heterocycles. The molecule has 2 aromatic rings. The first-order valence-electron chi connectivity index (χ1n) is 4.26. The van der Waals surface area contributed by atoms with Crippen LogP contribution in [-0.2, 0) is 11.2 Å². The summed E-state index contributed by atoms with van der Waals surface area (Å²) >= 11 is 1.65. The second kappa shape index (κ2) is 3.72. The fourth-order valence-corrected chi connectivity index (χ4v) is 2.35. The number of carbonyl (C=O) groups is 1. The molecule has 0 unspecified atom stereocenters. The third-order valence-electron chi connectivity index (χ3n) is 2.08. The van der Waals surface area contributed by atoms with Crippen molar-refractivity contribution >= 4 is 34.0 Å². The van der Waals surface area contributed by atoms with E-state index < -0.39 is 0 Å². The van der Waals surface area contributed by atoms with Gasteiger partial charge in [-0.1, -0.05) is 18.2 Å². The minimum atomic E-state index is -0.173. The van der Waals surface area contributed by atoms with Gasteiger partial charge in [-0.3, -0.25) is 4.79 Å². The van der Waals surface area contributed by atoms with Gasteiger partial charge in [-0.05, 0) is 29.1 Å². The SMILES string of the molecule is C=NC(=O)Cc1csc2ccccc12. The summed E-state index contributed by atoms with van der Waals surface area (Å²) in [4.78, 5) is 14.5. The molecular weight excluding hydrogens is 194 g/mol. The topological polar surface area (TPSA) is 29.4 Å². The van der Waals surface area contributed by atoms with Crippen molar-refractivity contribution in [3.63, 3.8) is 0 Å². The first-order valence-corrected chi connectivity index (χ1v) is 5.14. The van der Waals surface area contributed by atoms with Crippen molar-refractivity contribution in [2.45, 2.75) is 6.42 Å². The monoisotopic (exact) mass is 203 g/mol. The molecule has 1 heterocycles. The van der Waals surface area contributed by atoms with Crippen LogP contribution in [0.25, 0.3) is 10.1 Å². The fraction of sp³-hybridized carbons (Fsp3) is 0.0909. The highest BCUT2D eigenvalue weighted by molar-refractivity contribution is 7.17. The maximum Gasteiger partial charge on any atom is 0.249 e. The molecule has 1 amide bonds. The highest BCUT2D eigenvalue weighted by atomic mass is 32.1. The first kappa shape index (κ1) is 9.09. The van der Waals surface area contributed by atoms with Crippen molar-refractivity contribution in [2.24, 2.45) is 4.99 Å². The number of amides is 1. The van der Waals surface area contributed by atoms with Gasteiger partial charge in [0.2, 0.25) is 5.91 Å². The third-order valence-corrected chi connectivity index (χ3v) is 3.09. The molecule has 0 radical (unpaired) electrons. The lowest BCUT2D eigenvalue weighted by atomic mass is 10.1. The van der Waals surface area contributed by atoms with Gasteiger partial charge in [0.1, 0.15) is 0 Å². The Hall–Kier alpha value is -1.48. The number of carbonyl (C=O) groups excluding carboxylic acids is 1. The zero-order chi connectivity index (χ0) is 9.97. The minimum absolute atomic E-state index is 0.173. The molecule has 2 rings (SSSR count). The molecular formula is C11H9NOS. The van der Waals surface area contributed by atoms with E-state index in [4.69, 9.17) is 0 Å². The average molecular weight is 203 g/mol. The second-order valence-corrected chi connectivity index (χ2v) is 3.90. The summed E-state index contributed by atoms with van der Waals surface area (Å²) in [7, 11) is 0. The van der Waals surface area contributed by atoms with Crippen LogP contribution in [0.3, 0.4) is 0 Å². The number of hydrogen-bond donors (Lipinski definition) is 0. The number of thiophene rings is 1. The Kier molecular flexibility index (Phi) is 2.41. The predicted molar refractivity (Wildman–Crippen MR) is 60.1 cm³/mol. The quantitative estimate of drug-likeness (QED) is 0.690. The Labute approximate surface area is 85.9 Å². The maximum atomic E-state index is 11.1. The molecule has 1 aromatic carbocycles. The van der Waals surface area contributed by atoms with Gasteiger partial charge in [-0.25, -0.2) is 4.99 Å². The molecule has 0 bridgehead atoms. The van der Waals surface area contributed by atoms with Gasteiger partial charge in [0, 0.05) is 4.70 Å². The average Bonchev–Trinajstić information content (AvgIpc) is 2.62. The molecule has 70 valence electrons. The Morgan fingerprint density at radius 3 is 3.00 bits per heavy atom. The van der Waals surface area contributed by atoms with Gasteiger partial charge in [0.05, 0.1) is 6.42 Å². The Bertz CT molecular complexity index is 487. The molecule has 0 spiro atoms. The van der Waals surface area contributed by atoms with Gasteiger partial charge in [0.15, 0.2) is 0 Å². The Balaban J connectivity index is 2.43. The molecule has 0 fully saturated rings. The van der Waals surface area contributed by atoms with Crippen LogP contribution in [0.5, 0.6) is 0 Å². The van der Waals surface area contributed by atoms with Gasteiger partial charge < -0.3 is 0 Å². The zero-order valence-corrected chi connectivity index (χ0v) is 8.38. The normalized spacial score (nSPS) is 10.3. The molecule has 0 aliphatic rings. The van der Waals surface area contributed by atoms with Crippen molar-refractivity contribution in [1.29, 1.82) is 0 Å². The van der Waals surface area contributed by atoms with Crippen molar-refractivity contribution in [2.75, 3.05) is 0 Å². The number of hydrogen-bond acceptors (Lipinski definition) is 2. The molecule has 0 saturated carbocycles. The third kappa shape index (κ3) is 1.59. The van der Waals surface area contributed by atoms with Crippen LogP contribution in [0.2, 0.25) is 0 Å². The van der Waals surface area contributed by atoms with Crippen molar-refractivity contribution < 1.29 is 4.79 Å². The molecule has 2 nitrogen and oxygen atoms in total. The predicted octanol–water partition coefficient (Wildman–Crippen LogP) is 2.67. The first-order chi connectivity index (χ1) is 6.81. The van der Waals surface area contributed by atoms with Crippen molar-refractivity contribution in [3.05, 3.63) is 35.2 Å². The van der Waals surface area contributed by atoms with Gasteiger partial charge in [0.25, 0.3) is 0 Å². The van der Waals surface area contributed by atoms with E-state index in [1.165, 1.54) is 4.70 Å². The lowest BCUT2D eigenvalue weighted by molar-refractivity contribution is -0.117. The van der Waals surface area contributed by atoms with Crippen LogP contribution >= 0.6 is 11.3 Å². The lowest BCUT2D eigenvalue weighted by Gasteiger charge is -1.94. The summed E-state index contributed by atoms with van der Waals surface area (Å²) in [5.41, 5.74) is 1.04. The van der Waals surface area contributed by atoms with E-state index in [2.05, 4.69) is 17.8 Å². The van der Waals surface area contributed by atoms with Gasteiger partial charge in [-0.15, -0.1) is 11.3 Å². The van der Waals surface area contributed by atoms with E-state index in [0.717, 1.165) is 10.9 Å². The number of nitrogens with zero attached hydrogens (tertiary/aromatic N) is 1. The van der Waals surface area contributed by atoms with E-state index >= 15 is 0 Å². The summed E-state index contributed by atoms with van der Waals surface area (Å²) in [6.07, 6.45) is 0.355. The molecule has 0 N–H and O–H groups in total. The van der Waals surface area contributed by atoms with Crippen molar-refractivity contribution in [3.8, 4) is 0 Å². The minimum Gasteiger partial charge on any atom is -0.272 e. The van der Waals surface area contributed by atoms with E-state index in [0.29, 0.717) is 6.42 Å². The molecule has 0 atom stereocenters. The van der Waals surface area contributed by atoms with Crippen LogP contribution in [-0.4, -0.2) is 12.6 Å². The molecule has 3 heteroatoms. The van der Waals surface area contributed by atoms with E-state index in [-0.39, 0.29) is 5.91 Å². The summed E-state index contributed by atoms with van der Waals surface area (Å²) in [6, 6.07) is 8.05. The smallest absolute Gasteiger partial charge is 0.249 e. The van der Waals surface area contributed by atoms with E-state index in [1.54, 1.807) is 11.3 Å². The van der Waals surface area contributed by atoms with Crippen LogP contribution < -0.4 is 0 Å². The van der Waals surface area contributed by atoms with Crippen LogP contribution in [0.15, 0.2) is 34.6 Å². The molecule has 14 heavy (non-hydrogen) atoms. The van der Waals surface area contributed by atoms with Crippen LogP contribution in [0, 0.1) is 0 Å². The van der Waals surface area contributed by atoms with Crippen LogP contribution in [0.4, 0.5) is 0 Å². The highest BCUT2D eigenvalue weighted by Crippen LogP contribution is 2.25.